The van der Waals surface area contributed by atoms with Crippen molar-refractivity contribution in [1.29, 1.82) is 5.26 Å². The molecule has 2 N–H and O–H groups in total. The highest BCUT2D eigenvalue weighted by atomic mass is 32.2. The van der Waals surface area contributed by atoms with Crippen LogP contribution in [0.2, 0.25) is 0 Å². The maximum absolute atomic E-state index is 12.5. The molecular weight excluding hydrogens is 498 g/mol. The Kier molecular flexibility index (Phi) is 8.28. The van der Waals surface area contributed by atoms with Gasteiger partial charge in [0.05, 0.1) is 10.5 Å². The number of rotatable bonds is 8. The molecule has 9 nitrogen and oxygen atoms in total. The number of hydrogen-bond donors (Lipinski definition) is 2. The standard InChI is InChI=1S/C25H27N5O4S2/c1-17-14-23(29-34-17)30-36(32,33)21-10-8-20(9-11-21)27-24(31)12-13-35-25-19(16-26)15-18-6-4-2-3-5-7-22(18)28-25/h8-11,14-15H,2-7,12-13H2,1H3,(H,27,31)(H,29,30). The van der Waals surface area contributed by atoms with Crippen molar-refractivity contribution in [2.75, 3.05) is 15.8 Å². The average Bonchev–Trinajstić information content (AvgIpc) is 3.23. The third-order valence-electron chi connectivity index (χ3n) is 5.77. The van der Waals surface area contributed by atoms with Crippen molar-refractivity contribution < 1.29 is 17.7 Å². The maximum Gasteiger partial charge on any atom is 0.263 e. The lowest BCUT2D eigenvalue weighted by molar-refractivity contribution is -0.115. The van der Waals surface area contributed by atoms with E-state index in [-0.39, 0.29) is 23.0 Å². The number of fused-ring (bicyclic) bond motifs is 1. The number of nitriles is 1. The number of amides is 1. The summed E-state index contributed by atoms with van der Waals surface area (Å²) in [6, 6.07) is 11.5. The van der Waals surface area contributed by atoms with Gasteiger partial charge >= 0.3 is 0 Å². The topological polar surface area (TPSA) is 138 Å². The minimum Gasteiger partial charge on any atom is -0.360 e. The van der Waals surface area contributed by atoms with Crippen LogP contribution >= 0.6 is 11.8 Å². The Morgan fingerprint density at radius 1 is 1.14 bits per heavy atom. The quantitative estimate of drug-likeness (QED) is 0.399. The normalized spacial score (nSPS) is 13.7. The number of hydrogen-bond acceptors (Lipinski definition) is 8. The van der Waals surface area contributed by atoms with Crippen molar-refractivity contribution in [2.45, 2.75) is 61.8 Å². The third kappa shape index (κ3) is 6.65. The average molecular weight is 526 g/mol. The van der Waals surface area contributed by atoms with Gasteiger partial charge in [-0.3, -0.25) is 9.52 Å². The molecule has 0 bridgehead atoms. The van der Waals surface area contributed by atoms with E-state index in [0.717, 1.165) is 31.4 Å². The van der Waals surface area contributed by atoms with E-state index >= 15 is 0 Å². The second-order valence-electron chi connectivity index (χ2n) is 8.57. The van der Waals surface area contributed by atoms with Crippen molar-refractivity contribution in [3.63, 3.8) is 0 Å². The number of carbonyl (C=O) groups is 1. The van der Waals surface area contributed by atoms with Gasteiger partial charge in [-0.05, 0) is 68.5 Å². The Hall–Kier alpha value is -3.36. The monoisotopic (exact) mass is 525 g/mol. The lowest BCUT2D eigenvalue weighted by Crippen LogP contribution is -2.14. The number of pyridine rings is 1. The van der Waals surface area contributed by atoms with Gasteiger partial charge in [0, 0.05) is 29.6 Å². The third-order valence-corrected chi connectivity index (χ3v) is 8.13. The highest BCUT2D eigenvalue weighted by Crippen LogP contribution is 2.27. The number of sulfonamides is 1. The predicted octanol–water partition coefficient (Wildman–Crippen LogP) is 4.83. The van der Waals surface area contributed by atoms with Crippen LogP contribution in [0, 0.1) is 18.3 Å². The van der Waals surface area contributed by atoms with Crippen LogP contribution in [0.4, 0.5) is 11.5 Å². The molecule has 0 radical (unpaired) electrons. The molecule has 0 fully saturated rings. The van der Waals surface area contributed by atoms with Gasteiger partial charge < -0.3 is 9.84 Å². The number of anilines is 2. The van der Waals surface area contributed by atoms with E-state index in [1.54, 1.807) is 6.92 Å². The second-order valence-corrected chi connectivity index (χ2v) is 11.3. The van der Waals surface area contributed by atoms with Gasteiger partial charge in [-0.2, -0.15) is 5.26 Å². The minimum atomic E-state index is -3.83. The summed E-state index contributed by atoms with van der Waals surface area (Å²) in [5.41, 5.74) is 3.29. The summed E-state index contributed by atoms with van der Waals surface area (Å²) in [7, 11) is -3.83. The van der Waals surface area contributed by atoms with E-state index in [1.165, 1.54) is 60.5 Å². The molecule has 1 aromatic carbocycles. The van der Waals surface area contributed by atoms with Crippen LogP contribution in [0.5, 0.6) is 0 Å². The van der Waals surface area contributed by atoms with Crippen molar-refractivity contribution >= 4 is 39.2 Å². The fourth-order valence-corrected chi connectivity index (χ4v) is 5.85. The van der Waals surface area contributed by atoms with Crippen LogP contribution in [0.25, 0.3) is 0 Å². The summed E-state index contributed by atoms with van der Waals surface area (Å²) < 4.78 is 32.2. The molecule has 0 saturated carbocycles. The van der Waals surface area contributed by atoms with Crippen molar-refractivity contribution in [3.05, 3.63) is 59.0 Å². The van der Waals surface area contributed by atoms with Gasteiger partial charge in [0.25, 0.3) is 10.0 Å². The fraction of sp³-hybridized carbons (Fsp3) is 0.360. The summed E-state index contributed by atoms with van der Waals surface area (Å²) in [4.78, 5) is 17.2. The molecule has 3 aromatic rings. The maximum atomic E-state index is 12.5. The van der Waals surface area contributed by atoms with Crippen molar-refractivity contribution in [2.24, 2.45) is 0 Å². The highest BCUT2D eigenvalue weighted by molar-refractivity contribution is 7.99. The molecule has 1 aliphatic rings. The molecule has 0 spiro atoms. The molecule has 1 aliphatic carbocycles. The summed E-state index contributed by atoms with van der Waals surface area (Å²) in [6.07, 6.45) is 6.75. The highest BCUT2D eigenvalue weighted by Gasteiger charge is 2.17. The molecule has 11 heteroatoms. The lowest BCUT2D eigenvalue weighted by atomic mass is 9.96. The Morgan fingerprint density at radius 2 is 1.89 bits per heavy atom. The minimum absolute atomic E-state index is 0.0331. The van der Waals surface area contributed by atoms with Crippen molar-refractivity contribution in [1.82, 2.24) is 10.1 Å². The molecule has 0 saturated heterocycles. The van der Waals surface area contributed by atoms with Crippen LogP contribution in [-0.4, -0.2) is 30.2 Å². The largest absolute Gasteiger partial charge is 0.360 e. The number of thioether (sulfide) groups is 1. The van der Waals surface area contributed by atoms with Gasteiger partial charge in [0.2, 0.25) is 5.91 Å². The second kappa shape index (κ2) is 11.6. The molecule has 188 valence electrons. The van der Waals surface area contributed by atoms with Crippen LogP contribution in [-0.2, 0) is 27.7 Å². The fourth-order valence-electron chi connectivity index (χ4n) is 3.95. The smallest absolute Gasteiger partial charge is 0.263 e. The van der Waals surface area contributed by atoms with Crippen LogP contribution in [0.1, 0.15) is 54.7 Å². The van der Waals surface area contributed by atoms with Gasteiger partial charge in [-0.1, -0.05) is 18.0 Å². The zero-order chi connectivity index (χ0) is 25.5. The first-order valence-electron chi connectivity index (χ1n) is 11.8. The Morgan fingerprint density at radius 3 is 2.58 bits per heavy atom. The molecule has 2 heterocycles. The summed E-state index contributed by atoms with van der Waals surface area (Å²) >= 11 is 1.41. The zero-order valence-corrected chi connectivity index (χ0v) is 21.5. The molecule has 1 amide bonds. The SMILES string of the molecule is Cc1cc(NS(=O)(=O)c2ccc(NC(=O)CCSc3nc4c(cc3C#N)CCCCCC4)cc2)no1. The zero-order valence-electron chi connectivity index (χ0n) is 19.9. The summed E-state index contributed by atoms with van der Waals surface area (Å²) in [5.74, 6) is 0.848. The van der Waals surface area contributed by atoms with E-state index in [0.29, 0.717) is 27.8 Å². The van der Waals surface area contributed by atoms with E-state index in [4.69, 9.17) is 9.51 Å². The number of nitrogens with one attached hydrogen (secondary N) is 2. The summed E-state index contributed by atoms with van der Waals surface area (Å²) in [6.45, 7) is 1.66. The first kappa shape index (κ1) is 25.7. The molecule has 2 aromatic heterocycles. The van der Waals surface area contributed by atoms with Crippen molar-refractivity contribution in [3.8, 4) is 6.07 Å². The van der Waals surface area contributed by atoms with Crippen LogP contribution in [0.3, 0.4) is 0 Å². The van der Waals surface area contributed by atoms with Gasteiger partial charge in [-0.25, -0.2) is 13.4 Å². The number of aryl methyl sites for hydroxylation is 3. The van der Waals surface area contributed by atoms with E-state index < -0.39 is 10.0 Å². The molecular formula is C25H27N5O4S2. The number of carbonyl (C=O) groups excluding carboxylic acids is 1. The predicted molar refractivity (Wildman–Crippen MR) is 137 cm³/mol. The number of nitrogens with zero attached hydrogens (tertiary/aromatic N) is 3. The van der Waals surface area contributed by atoms with Gasteiger partial charge in [0.1, 0.15) is 16.9 Å². The Bertz CT molecular complexity index is 1380. The Balaban J connectivity index is 1.32. The van der Waals surface area contributed by atoms with Crippen LogP contribution < -0.4 is 10.0 Å². The van der Waals surface area contributed by atoms with E-state index in [2.05, 4.69) is 21.3 Å². The van der Waals surface area contributed by atoms with Crippen LogP contribution in [0.15, 0.2) is 50.8 Å². The molecule has 0 aliphatic heterocycles. The first-order valence-corrected chi connectivity index (χ1v) is 14.2. The number of benzene rings is 1. The first-order chi connectivity index (χ1) is 17.3. The molecule has 36 heavy (non-hydrogen) atoms. The van der Waals surface area contributed by atoms with Gasteiger partial charge in [-0.15, -0.1) is 11.8 Å². The van der Waals surface area contributed by atoms with E-state index in [9.17, 15) is 18.5 Å². The molecule has 0 unspecified atom stereocenters. The Labute approximate surface area is 214 Å². The molecule has 0 atom stereocenters. The number of aromatic nitrogens is 2. The molecule has 4 rings (SSSR count). The lowest BCUT2D eigenvalue weighted by Gasteiger charge is -2.15. The summed E-state index contributed by atoms with van der Waals surface area (Å²) in [5, 5.41) is 16.6. The van der Waals surface area contributed by atoms with Gasteiger partial charge in [0.15, 0.2) is 5.82 Å². The van der Waals surface area contributed by atoms with E-state index in [1.807, 2.05) is 6.07 Å².